The third kappa shape index (κ3) is 6.45. The summed E-state index contributed by atoms with van der Waals surface area (Å²) in [7, 11) is 0. The smallest absolute Gasteiger partial charge is 0.408 e. The second-order valence-corrected chi connectivity index (χ2v) is 14.5. The van der Waals surface area contributed by atoms with Crippen molar-refractivity contribution in [2.45, 2.75) is 64.6 Å². The first-order valence-corrected chi connectivity index (χ1v) is 17.1. The van der Waals surface area contributed by atoms with Gasteiger partial charge in [0.1, 0.15) is 23.0 Å². The van der Waals surface area contributed by atoms with E-state index in [1.54, 1.807) is 36.5 Å². The Hall–Kier alpha value is -6.18. The second-order valence-electron chi connectivity index (χ2n) is 14.5. The number of halogens is 2. The molecule has 0 aliphatic heterocycles. The lowest BCUT2D eigenvalue weighted by molar-refractivity contribution is 0.0350. The summed E-state index contributed by atoms with van der Waals surface area (Å²) in [6.45, 7) is 5.72. The molecule has 14 heteroatoms. The number of hydrogen-bond acceptors (Lipinski definition) is 7. The van der Waals surface area contributed by atoms with Gasteiger partial charge in [0, 0.05) is 30.0 Å². The van der Waals surface area contributed by atoms with E-state index in [1.807, 2.05) is 20.8 Å². The number of fused-ring (bicyclic) bond motifs is 2. The lowest BCUT2D eigenvalue weighted by Crippen LogP contribution is -2.49. The summed E-state index contributed by atoms with van der Waals surface area (Å²) >= 11 is 0. The van der Waals surface area contributed by atoms with Crippen LogP contribution < -0.4 is 11.2 Å². The van der Waals surface area contributed by atoms with Gasteiger partial charge in [-0.3, -0.25) is 19.1 Å². The van der Waals surface area contributed by atoms with Gasteiger partial charge in [-0.25, -0.2) is 32.9 Å². The highest BCUT2D eigenvalue weighted by Crippen LogP contribution is 2.42. The SMILES string of the molecule is CC(C)(C)C(c1cn2cc(F)ccc2n1)N(C(=O)O)[C@H]1CC[C@@H](n2c(=O)c3cc(F)cnc3n(-c3cccc(-c4ccc(O)cc4C=O)c3)c2=O)CC1. The van der Waals surface area contributed by atoms with Crippen LogP contribution in [0.3, 0.4) is 0 Å². The Bertz CT molecular complexity index is 2530. The third-order valence-corrected chi connectivity index (χ3v) is 9.93. The molecule has 6 aromatic rings. The Morgan fingerprint density at radius 1 is 0.981 bits per heavy atom. The van der Waals surface area contributed by atoms with Crippen LogP contribution >= 0.6 is 0 Å². The topological polar surface area (TPSA) is 152 Å². The van der Waals surface area contributed by atoms with E-state index in [-0.39, 0.29) is 35.2 Å². The molecule has 0 bridgehead atoms. The summed E-state index contributed by atoms with van der Waals surface area (Å²) in [5, 5.41) is 20.4. The summed E-state index contributed by atoms with van der Waals surface area (Å²) in [5.41, 5.74) is 0.415. The van der Waals surface area contributed by atoms with Gasteiger partial charge in [-0.2, -0.15) is 0 Å². The molecule has 1 unspecified atom stereocenters. The van der Waals surface area contributed by atoms with Crippen molar-refractivity contribution in [2.75, 3.05) is 0 Å². The predicted octanol–water partition coefficient (Wildman–Crippen LogP) is 6.91. The monoisotopic (exact) mass is 722 g/mol. The van der Waals surface area contributed by atoms with Gasteiger partial charge in [0.15, 0.2) is 11.9 Å². The van der Waals surface area contributed by atoms with Gasteiger partial charge in [0.2, 0.25) is 0 Å². The van der Waals surface area contributed by atoms with E-state index >= 15 is 0 Å². The van der Waals surface area contributed by atoms with Crippen LogP contribution in [0.4, 0.5) is 13.6 Å². The van der Waals surface area contributed by atoms with E-state index in [1.165, 1.54) is 44.3 Å². The number of imidazole rings is 1. The number of carboxylic acid groups (broad SMARTS) is 1. The maximum Gasteiger partial charge on any atom is 0.408 e. The third-order valence-electron chi connectivity index (χ3n) is 9.93. The standard InChI is InChI=1S/C39H36F2N6O6/c1-39(2,3)34(32-20-44-19-24(40)7-14-33(44)43-32)45(38(52)53)26-8-10-27(11-9-26)47-36(50)31-17-25(41)18-42-35(31)46(37(47)51)28-6-4-5-22(15-28)30-13-12-29(49)16-23(30)21-48/h4-7,12-21,26-27,34,49H,8-11H2,1-3H3,(H,52,53)/t26-,27+,34?. The molecule has 1 amide bonds. The molecule has 0 radical (unpaired) electrons. The Morgan fingerprint density at radius 2 is 1.74 bits per heavy atom. The van der Waals surface area contributed by atoms with Gasteiger partial charge in [-0.15, -0.1) is 0 Å². The van der Waals surface area contributed by atoms with Crippen molar-refractivity contribution in [1.29, 1.82) is 0 Å². The van der Waals surface area contributed by atoms with Crippen molar-refractivity contribution in [3.8, 4) is 22.6 Å². The molecule has 4 aromatic heterocycles. The quantitative estimate of drug-likeness (QED) is 0.169. The first kappa shape index (κ1) is 35.2. The van der Waals surface area contributed by atoms with Crippen molar-refractivity contribution in [3.05, 3.63) is 123 Å². The van der Waals surface area contributed by atoms with Crippen LogP contribution in [0.5, 0.6) is 5.75 Å². The van der Waals surface area contributed by atoms with Crippen LogP contribution in [0.2, 0.25) is 0 Å². The number of hydrogen-bond donors (Lipinski definition) is 2. The van der Waals surface area contributed by atoms with Crippen molar-refractivity contribution in [2.24, 2.45) is 5.41 Å². The van der Waals surface area contributed by atoms with Gasteiger partial charge in [0.05, 0.1) is 29.0 Å². The number of phenols is 1. The van der Waals surface area contributed by atoms with Crippen molar-refractivity contribution in [3.63, 3.8) is 0 Å². The van der Waals surface area contributed by atoms with Gasteiger partial charge >= 0.3 is 11.8 Å². The summed E-state index contributed by atoms with van der Waals surface area (Å²) in [5.74, 6) is -1.31. The summed E-state index contributed by atoms with van der Waals surface area (Å²) < 4.78 is 32.5. The van der Waals surface area contributed by atoms with Crippen molar-refractivity contribution < 1.29 is 28.6 Å². The fraction of sp³-hybridized carbons (Fsp3) is 0.282. The molecule has 1 atom stereocenters. The Balaban J connectivity index is 1.27. The van der Waals surface area contributed by atoms with Gasteiger partial charge in [-0.05, 0) is 90.8 Å². The van der Waals surface area contributed by atoms with E-state index in [2.05, 4.69) is 9.97 Å². The normalized spacial score (nSPS) is 16.8. The first-order chi connectivity index (χ1) is 25.2. The predicted molar refractivity (Wildman–Crippen MR) is 193 cm³/mol. The first-order valence-electron chi connectivity index (χ1n) is 17.1. The highest BCUT2D eigenvalue weighted by Gasteiger charge is 2.42. The molecular weight excluding hydrogens is 686 g/mol. The van der Waals surface area contributed by atoms with Gasteiger partial charge in [0.25, 0.3) is 5.56 Å². The largest absolute Gasteiger partial charge is 0.508 e. The molecule has 12 nitrogen and oxygen atoms in total. The van der Waals surface area contributed by atoms with Gasteiger partial charge in [-0.1, -0.05) is 32.9 Å². The summed E-state index contributed by atoms with van der Waals surface area (Å²) in [6, 6.07) is 13.0. The summed E-state index contributed by atoms with van der Waals surface area (Å²) in [6.07, 6.45) is 4.44. The lowest BCUT2D eigenvalue weighted by atomic mass is 9.81. The Morgan fingerprint density at radius 3 is 2.43 bits per heavy atom. The number of carbonyl (C=O) groups excluding carboxylic acids is 1. The van der Waals surface area contributed by atoms with E-state index in [9.17, 15) is 38.2 Å². The van der Waals surface area contributed by atoms with Gasteiger partial charge < -0.3 is 14.6 Å². The van der Waals surface area contributed by atoms with Crippen molar-refractivity contribution in [1.82, 2.24) is 28.4 Å². The number of aldehydes is 1. The molecule has 0 spiro atoms. The number of carbonyl (C=O) groups is 2. The van der Waals surface area contributed by atoms with E-state index in [0.717, 1.165) is 16.8 Å². The molecule has 1 saturated carbocycles. The number of aromatic nitrogens is 5. The highest BCUT2D eigenvalue weighted by atomic mass is 19.1. The lowest BCUT2D eigenvalue weighted by Gasteiger charge is -2.44. The summed E-state index contributed by atoms with van der Waals surface area (Å²) in [4.78, 5) is 63.4. The van der Waals surface area contributed by atoms with Crippen LogP contribution in [0.15, 0.2) is 88.8 Å². The highest BCUT2D eigenvalue weighted by molar-refractivity contribution is 5.88. The molecule has 4 heterocycles. The van der Waals surface area contributed by atoms with E-state index in [4.69, 9.17) is 0 Å². The Kier molecular flexibility index (Phi) is 8.92. The molecule has 7 rings (SSSR count). The van der Waals surface area contributed by atoms with Crippen LogP contribution in [-0.2, 0) is 0 Å². The fourth-order valence-corrected chi connectivity index (χ4v) is 7.65. The van der Waals surface area contributed by atoms with E-state index < -0.39 is 52.5 Å². The van der Waals surface area contributed by atoms with Crippen LogP contribution in [-0.4, -0.2) is 57.0 Å². The Labute approximate surface area is 301 Å². The number of amides is 1. The average molecular weight is 723 g/mol. The number of benzene rings is 2. The van der Waals surface area contributed by atoms with Crippen LogP contribution in [0, 0.1) is 17.0 Å². The fourth-order valence-electron chi connectivity index (χ4n) is 7.65. The minimum absolute atomic E-state index is 0.0535. The van der Waals surface area contributed by atoms with Crippen LogP contribution in [0.25, 0.3) is 33.5 Å². The maximum absolute atomic E-state index is 14.6. The second kappa shape index (κ2) is 13.4. The maximum atomic E-state index is 14.6. The van der Waals surface area contributed by atoms with Crippen LogP contribution in [0.1, 0.15) is 74.6 Å². The molecule has 1 aliphatic rings. The molecule has 53 heavy (non-hydrogen) atoms. The average Bonchev–Trinajstić information content (AvgIpc) is 3.53. The zero-order chi connectivity index (χ0) is 37.8. The van der Waals surface area contributed by atoms with E-state index in [0.29, 0.717) is 47.3 Å². The molecule has 2 aromatic carbocycles. The number of rotatable bonds is 7. The molecule has 1 fully saturated rings. The van der Waals surface area contributed by atoms with Crippen molar-refractivity contribution >= 4 is 29.1 Å². The molecular formula is C39H36F2N6O6. The minimum atomic E-state index is -1.16. The molecule has 1 aliphatic carbocycles. The number of pyridine rings is 2. The zero-order valence-corrected chi connectivity index (χ0v) is 29.1. The minimum Gasteiger partial charge on any atom is -0.508 e. The zero-order valence-electron chi connectivity index (χ0n) is 29.1. The molecule has 0 saturated heterocycles. The molecule has 272 valence electrons. The molecule has 2 N–H and O–H groups in total. The number of aromatic hydroxyl groups is 1. The number of phenolic OH excluding ortho intramolecular Hbond substituents is 1. The number of nitrogens with zero attached hydrogens (tertiary/aromatic N) is 6.